The van der Waals surface area contributed by atoms with Gasteiger partial charge in [0.2, 0.25) is 5.91 Å². The van der Waals surface area contributed by atoms with Gasteiger partial charge < -0.3 is 9.88 Å². The third-order valence-corrected chi connectivity index (χ3v) is 5.79. The van der Waals surface area contributed by atoms with Gasteiger partial charge in [0.1, 0.15) is 6.54 Å². The molecule has 0 radical (unpaired) electrons. The van der Waals surface area contributed by atoms with Crippen LogP contribution in [0.25, 0.3) is 11.2 Å². The minimum atomic E-state index is -0.502. The highest BCUT2D eigenvalue weighted by atomic mass is 35.5. The standard InChI is InChI=1S/C19H17ClN6O3S/c1-24-16-15(17(28)25(2)19(24)29)26(10-22-16)9-14(27)23-18-21-8-13(30-18)7-11-3-5-12(20)6-4-11/h3-6,8,10H,7,9H2,1-2H3,(H,21,23,27). The van der Waals surface area contributed by atoms with Gasteiger partial charge in [-0.2, -0.15) is 0 Å². The molecule has 3 aromatic heterocycles. The van der Waals surface area contributed by atoms with Crippen LogP contribution in [0.5, 0.6) is 0 Å². The quantitative estimate of drug-likeness (QED) is 0.505. The highest BCUT2D eigenvalue weighted by Gasteiger charge is 2.16. The molecule has 0 bridgehead atoms. The molecule has 1 amide bonds. The van der Waals surface area contributed by atoms with Crippen LogP contribution in [0.1, 0.15) is 10.4 Å². The van der Waals surface area contributed by atoms with E-state index in [4.69, 9.17) is 11.6 Å². The number of aryl methyl sites for hydroxylation is 1. The molecule has 30 heavy (non-hydrogen) atoms. The van der Waals surface area contributed by atoms with Crippen molar-refractivity contribution >= 4 is 45.1 Å². The third kappa shape index (κ3) is 3.79. The van der Waals surface area contributed by atoms with Crippen molar-refractivity contribution in [2.24, 2.45) is 14.1 Å². The number of thiazole rings is 1. The molecular formula is C19H17ClN6O3S. The highest BCUT2D eigenvalue weighted by Crippen LogP contribution is 2.22. The van der Waals surface area contributed by atoms with E-state index in [1.165, 1.54) is 40.9 Å². The van der Waals surface area contributed by atoms with Gasteiger partial charge in [-0.25, -0.2) is 14.8 Å². The molecule has 4 rings (SSSR count). The second-order valence-corrected chi connectivity index (χ2v) is 8.29. The lowest BCUT2D eigenvalue weighted by molar-refractivity contribution is -0.116. The first kappa shape index (κ1) is 20.0. The van der Waals surface area contributed by atoms with E-state index in [1.54, 1.807) is 6.20 Å². The largest absolute Gasteiger partial charge is 0.332 e. The van der Waals surface area contributed by atoms with Crippen LogP contribution >= 0.6 is 22.9 Å². The predicted octanol–water partition coefficient (Wildman–Crippen LogP) is 1.77. The maximum Gasteiger partial charge on any atom is 0.332 e. The molecule has 0 saturated carbocycles. The van der Waals surface area contributed by atoms with Crippen molar-refractivity contribution in [2.75, 3.05) is 5.32 Å². The SMILES string of the molecule is Cn1c(=O)c2c(ncn2CC(=O)Nc2ncc(Cc3ccc(Cl)cc3)s2)n(C)c1=O. The Labute approximate surface area is 179 Å². The molecule has 0 saturated heterocycles. The number of nitrogens with zero attached hydrogens (tertiary/aromatic N) is 5. The summed E-state index contributed by atoms with van der Waals surface area (Å²) in [5.41, 5.74) is 0.538. The molecule has 3 heterocycles. The van der Waals surface area contributed by atoms with Gasteiger partial charge >= 0.3 is 5.69 Å². The fourth-order valence-corrected chi connectivity index (χ4v) is 4.07. The number of carbonyl (C=O) groups is 1. The Bertz CT molecular complexity index is 1370. The Kier molecular flexibility index (Phi) is 5.27. The number of carbonyl (C=O) groups excluding carboxylic acids is 1. The van der Waals surface area contributed by atoms with Crippen molar-refractivity contribution in [3.63, 3.8) is 0 Å². The topological polar surface area (TPSA) is 104 Å². The third-order valence-electron chi connectivity index (χ3n) is 4.62. The van der Waals surface area contributed by atoms with Crippen LogP contribution in [-0.2, 0) is 31.9 Å². The van der Waals surface area contributed by atoms with Crippen molar-refractivity contribution in [1.82, 2.24) is 23.7 Å². The molecule has 0 fully saturated rings. The minimum absolute atomic E-state index is 0.129. The molecule has 0 aliphatic heterocycles. The maximum atomic E-state index is 12.5. The van der Waals surface area contributed by atoms with Gasteiger partial charge in [0.25, 0.3) is 5.56 Å². The molecule has 154 valence electrons. The molecule has 11 heteroatoms. The Hall–Kier alpha value is -3.24. The van der Waals surface area contributed by atoms with Gasteiger partial charge in [-0.1, -0.05) is 23.7 Å². The zero-order valence-electron chi connectivity index (χ0n) is 16.1. The van der Waals surface area contributed by atoms with E-state index in [0.717, 1.165) is 15.0 Å². The number of aromatic nitrogens is 5. The van der Waals surface area contributed by atoms with E-state index in [9.17, 15) is 14.4 Å². The van der Waals surface area contributed by atoms with Crippen molar-refractivity contribution in [3.8, 4) is 0 Å². The number of rotatable bonds is 5. The van der Waals surface area contributed by atoms with Gasteiger partial charge in [0, 0.05) is 36.6 Å². The average Bonchev–Trinajstić information content (AvgIpc) is 3.33. The Balaban J connectivity index is 1.49. The van der Waals surface area contributed by atoms with Gasteiger partial charge in [0.15, 0.2) is 16.3 Å². The summed E-state index contributed by atoms with van der Waals surface area (Å²) in [5, 5.41) is 3.89. The summed E-state index contributed by atoms with van der Waals surface area (Å²) in [6.07, 6.45) is 3.77. The first-order valence-corrected chi connectivity index (χ1v) is 10.1. The van der Waals surface area contributed by atoms with Crippen LogP contribution in [-0.4, -0.2) is 29.6 Å². The number of nitrogens with one attached hydrogen (secondary N) is 1. The molecule has 4 aromatic rings. The molecule has 0 aliphatic carbocycles. The summed E-state index contributed by atoms with van der Waals surface area (Å²) in [6.45, 7) is -0.129. The van der Waals surface area contributed by atoms with Crippen LogP contribution in [0.3, 0.4) is 0 Å². The summed E-state index contributed by atoms with van der Waals surface area (Å²) >= 11 is 7.28. The van der Waals surface area contributed by atoms with Gasteiger partial charge in [-0.05, 0) is 17.7 Å². The second-order valence-electron chi connectivity index (χ2n) is 6.73. The van der Waals surface area contributed by atoms with Gasteiger partial charge in [-0.15, -0.1) is 11.3 Å². The fourth-order valence-electron chi connectivity index (χ4n) is 3.08. The molecule has 9 nitrogen and oxygen atoms in total. The normalized spacial score (nSPS) is 11.2. The summed E-state index contributed by atoms with van der Waals surface area (Å²) in [7, 11) is 2.92. The van der Waals surface area contributed by atoms with E-state index in [0.29, 0.717) is 16.6 Å². The molecule has 1 aromatic carbocycles. The predicted molar refractivity (Wildman–Crippen MR) is 115 cm³/mol. The molecule has 1 N–H and O–H groups in total. The summed E-state index contributed by atoms with van der Waals surface area (Å²) in [6, 6.07) is 7.54. The van der Waals surface area contributed by atoms with Crippen LogP contribution in [0.2, 0.25) is 5.02 Å². The van der Waals surface area contributed by atoms with E-state index < -0.39 is 11.2 Å². The first-order chi connectivity index (χ1) is 14.3. The van der Waals surface area contributed by atoms with Crippen LogP contribution in [0.15, 0.2) is 46.4 Å². The van der Waals surface area contributed by atoms with Crippen LogP contribution in [0.4, 0.5) is 5.13 Å². The molecular weight excluding hydrogens is 428 g/mol. The van der Waals surface area contributed by atoms with Gasteiger partial charge in [-0.3, -0.25) is 18.7 Å². The Morgan fingerprint density at radius 1 is 1.13 bits per heavy atom. The Morgan fingerprint density at radius 3 is 2.60 bits per heavy atom. The van der Waals surface area contributed by atoms with E-state index in [2.05, 4.69) is 15.3 Å². The number of imidazole rings is 1. The van der Waals surface area contributed by atoms with Crippen molar-refractivity contribution < 1.29 is 4.79 Å². The lowest BCUT2D eigenvalue weighted by Crippen LogP contribution is -2.37. The van der Waals surface area contributed by atoms with Gasteiger partial charge in [0.05, 0.1) is 6.33 Å². The molecule has 0 unspecified atom stereocenters. The molecule has 0 atom stereocenters. The highest BCUT2D eigenvalue weighted by molar-refractivity contribution is 7.15. The zero-order chi connectivity index (χ0) is 21.4. The average molecular weight is 445 g/mol. The zero-order valence-corrected chi connectivity index (χ0v) is 17.7. The lowest BCUT2D eigenvalue weighted by Gasteiger charge is -2.06. The molecule has 0 aliphatic rings. The van der Waals surface area contributed by atoms with Crippen molar-refractivity contribution in [2.45, 2.75) is 13.0 Å². The second kappa shape index (κ2) is 7.88. The number of hydrogen-bond donors (Lipinski definition) is 1. The maximum absolute atomic E-state index is 12.5. The number of hydrogen-bond acceptors (Lipinski definition) is 6. The van der Waals surface area contributed by atoms with Crippen LogP contribution < -0.4 is 16.6 Å². The summed E-state index contributed by atoms with van der Waals surface area (Å²) in [4.78, 5) is 46.3. The number of halogens is 1. The first-order valence-electron chi connectivity index (χ1n) is 8.93. The van der Waals surface area contributed by atoms with Crippen LogP contribution in [0, 0.1) is 0 Å². The lowest BCUT2D eigenvalue weighted by atomic mass is 10.1. The number of anilines is 1. The fraction of sp³-hybridized carbons (Fsp3) is 0.211. The Morgan fingerprint density at radius 2 is 1.87 bits per heavy atom. The summed E-state index contributed by atoms with van der Waals surface area (Å²) in [5.74, 6) is -0.349. The van der Waals surface area contributed by atoms with Crippen molar-refractivity contribution in [1.29, 1.82) is 0 Å². The van der Waals surface area contributed by atoms with E-state index in [1.807, 2.05) is 24.3 Å². The minimum Gasteiger partial charge on any atom is -0.315 e. The number of amides is 1. The van der Waals surface area contributed by atoms with E-state index in [-0.39, 0.29) is 23.6 Å². The monoisotopic (exact) mass is 444 g/mol. The molecule has 0 spiro atoms. The summed E-state index contributed by atoms with van der Waals surface area (Å²) < 4.78 is 3.69. The smallest absolute Gasteiger partial charge is 0.315 e. The van der Waals surface area contributed by atoms with Crippen molar-refractivity contribution in [3.05, 3.63) is 73.1 Å². The number of fused-ring (bicyclic) bond motifs is 1. The number of benzene rings is 1. The van der Waals surface area contributed by atoms with E-state index >= 15 is 0 Å².